The van der Waals surface area contributed by atoms with E-state index in [0.29, 0.717) is 25.9 Å². The number of hydrogen-bond donors (Lipinski definition) is 1. The molecule has 0 spiro atoms. The number of fused-ring (bicyclic) bond motifs is 1. The van der Waals surface area contributed by atoms with Crippen LogP contribution in [0.15, 0.2) is 24.3 Å². The Morgan fingerprint density at radius 2 is 1.68 bits per heavy atom. The minimum Gasteiger partial charge on any atom is -0.369 e. The third-order valence-corrected chi connectivity index (χ3v) is 5.79. The molecule has 5 heteroatoms. The zero-order chi connectivity index (χ0) is 17.8. The molecule has 136 valence electrons. The Balaban J connectivity index is 1.58. The van der Waals surface area contributed by atoms with Crippen LogP contribution in [0.3, 0.4) is 0 Å². The third kappa shape index (κ3) is 4.21. The number of nitrogens with two attached hydrogens (primary N) is 1. The molecule has 0 radical (unpaired) electrons. The van der Waals surface area contributed by atoms with Crippen LogP contribution >= 0.6 is 0 Å². The van der Waals surface area contributed by atoms with Crippen molar-refractivity contribution in [3.05, 3.63) is 35.4 Å². The van der Waals surface area contributed by atoms with Crippen LogP contribution in [0.25, 0.3) is 0 Å². The maximum Gasteiger partial charge on any atom is 0.239 e. The molecule has 0 bridgehead atoms. The molecule has 2 aliphatic rings. The average molecular weight is 343 g/mol. The lowest BCUT2D eigenvalue weighted by molar-refractivity contribution is -0.139. The van der Waals surface area contributed by atoms with Crippen LogP contribution in [-0.4, -0.2) is 53.8 Å². The summed E-state index contributed by atoms with van der Waals surface area (Å²) in [6.07, 6.45) is 4.55. The van der Waals surface area contributed by atoms with Crippen LogP contribution in [0, 0.1) is 5.92 Å². The molecule has 0 saturated carbocycles. The zero-order valence-corrected chi connectivity index (χ0v) is 15.1. The standard InChI is InChI=1S/C20H29N3O2/c1-15(20(25)23-13-9-18(10-14-23)19(21)24)22-11-4-7-16-5-2-3-6-17(16)8-12-22/h2-3,5-6,15,18H,4,7-14H2,1H3,(H2,21,24). The van der Waals surface area contributed by atoms with Gasteiger partial charge in [-0.05, 0) is 56.7 Å². The number of carbonyl (C=O) groups is 2. The summed E-state index contributed by atoms with van der Waals surface area (Å²) >= 11 is 0. The quantitative estimate of drug-likeness (QED) is 0.906. The van der Waals surface area contributed by atoms with Gasteiger partial charge in [-0.25, -0.2) is 0 Å². The normalized spacial score (nSPS) is 21.1. The Hall–Kier alpha value is -1.88. The first-order valence-corrected chi connectivity index (χ1v) is 9.45. The summed E-state index contributed by atoms with van der Waals surface area (Å²) in [5.41, 5.74) is 8.25. The molecule has 2 N–H and O–H groups in total. The highest BCUT2D eigenvalue weighted by Crippen LogP contribution is 2.20. The summed E-state index contributed by atoms with van der Waals surface area (Å²) in [6.45, 7) is 5.19. The van der Waals surface area contributed by atoms with Gasteiger partial charge in [-0.1, -0.05) is 24.3 Å². The number of benzene rings is 1. The molecule has 2 amide bonds. The largest absolute Gasteiger partial charge is 0.369 e. The van der Waals surface area contributed by atoms with Crippen molar-refractivity contribution in [2.24, 2.45) is 11.7 Å². The van der Waals surface area contributed by atoms with Gasteiger partial charge in [-0.3, -0.25) is 14.5 Å². The highest BCUT2D eigenvalue weighted by Gasteiger charge is 2.30. The predicted octanol–water partition coefficient (Wildman–Crippen LogP) is 1.59. The van der Waals surface area contributed by atoms with Crippen LogP contribution in [0.1, 0.15) is 37.3 Å². The van der Waals surface area contributed by atoms with Crippen molar-refractivity contribution < 1.29 is 9.59 Å². The molecule has 25 heavy (non-hydrogen) atoms. The molecule has 0 aromatic heterocycles. The maximum atomic E-state index is 12.9. The summed E-state index contributed by atoms with van der Waals surface area (Å²) in [5.74, 6) is -0.114. The van der Waals surface area contributed by atoms with Crippen molar-refractivity contribution in [3.8, 4) is 0 Å². The molecule has 5 nitrogen and oxygen atoms in total. The van der Waals surface area contributed by atoms with Gasteiger partial charge < -0.3 is 10.6 Å². The highest BCUT2D eigenvalue weighted by molar-refractivity contribution is 5.82. The van der Waals surface area contributed by atoms with Crippen molar-refractivity contribution >= 4 is 11.8 Å². The molecule has 0 aliphatic carbocycles. The van der Waals surface area contributed by atoms with Gasteiger partial charge in [0.1, 0.15) is 0 Å². The number of likely N-dealkylation sites (tertiary alicyclic amines) is 1. The predicted molar refractivity (Wildman–Crippen MR) is 98.0 cm³/mol. The fourth-order valence-electron chi connectivity index (χ4n) is 4.09. The third-order valence-electron chi connectivity index (χ3n) is 5.79. The van der Waals surface area contributed by atoms with E-state index in [-0.39, 0.29) is 23.8 Å². The number of piperidine rings is 1. The molecule has 1 saturated heterocycles. The van der Waals surface area contributed by atoms with E-state index in [4.69, 9.17) is 5.73 Å². The van der Waals surface area contributed by atoms with Crippen molar-refractivity contribution in [2.75, 3.05) is 26.2 Å². The number of primary amides is 1. The summed E-state index contributed by atoms with van der Waals surface area (Å²) in [4.78, 5) is 28.4. The molecule has 1 unspecified atom stereocenters. The highest BCUT2D eigenvalue weighted by atomic mass is 16.2. The second kappa shape index (κ2) is 8.00. The first kappa shape index (κ1) is 17.9. The van der Waals surface area contributed by atoms with Gasteiger partial charge in [0.2, 0.25) is 11.8 Å². The molecular formula is C20H29N3O2. The number of nitrogens with zero attached hydrogens (tertiary/aromatic N) is 2. The summed E-state index contributed by atoms with van der Waals surface area (Å²) in [7, 11) is 0. The second-order valence-corrected chi connectivity index (χ2v) is 7.34. The minimum absolute atomic E-state index is 0.0717. The lowest BCUT2D eigenvalue weighted by Gasteiger charge is -2.36. The topological polar surface area (TPSA) is 66.6 Å². The Bertz CT molecular complexity index is 623. The van der Waals surface area contributed by atoms with Crippen LogP contribution in [-0.2, 0) is 22.4 Å². The van der Waals surface area contributed by atoms with E-state index in [2.05, 4.69) is 29.2 Å². The van der Waals surface area contributed by atoms with Crippen molar-refractivity contribution in [3.63, 3.8) is 0 Å². The lowest BCUT2D eigenvalue weighted by Crippen LogP contribution is -2.51. The Labute approximate surface area is 150 Å². The fraction of sp³-hybridized carbons (Fsp3) is 0.600. The van der Waals surface area contributed by atoms with E-state index in [9.17, 15) is 9.59 Å². The number of carbonyl (C=O) groups excluding carboxylic acids is 2. The molecule has 2 aliphatic heterocycles. The first-order chi connectivity index (χ1) is 12.1. The van der Waals surface area contributed by atoms with E-state index in [0.717, 1.165) is 32.4 Å². The van der Waals surface area contributed by atoms with Gasteiger partial charge in [0.25, 0.3) is 0 Å². The molecule has 1 fully saturated rings. The number of aryl methyl sites for hydroxylation is 1. The molecule has 2 heterocycles. The Morgan fingerprint density at radius 3 is 2.32 bits per heavy atom. The minimum atomic E-state index is -0.234. The Morgan fingerprint density at radius 1 is 1.04 bits per heavy atom. The van der Waals surface area contributed by atoms with Crippen LogP contribution in [0.2, 0.25) is 0 Å². The molecule has 1 aromatic rings. The van der Waals surface area contributed by atoms with Crippen molar-refractivity contribution in [1.82, 2.24) is 9.80 Å². The number of rotatable bonds is 3. The van der Waals surface area contributed by atoms with Gasteiger partial charge in [0, 0.05) is 25.6 Å². The molecule has 3 rings (SSSR count). The van der Waals surface area contributed by atoms with Gasteiger partial charge >= 0.3 is 0 Å². The number of hydrogen-bond acceptors (Lipinski definition) is 3. The number of amides is 2. The van der Waals surface area contributed by atoms with Gasteiger partial charge in [0.05, 0.1) is 6.04 Å². The fourth-order valence-corrected chi connectivity index (χ4v) is 4.09. The lowest BCUT2D eigenvalue weighted by atomic mass is 9.95. The molecule has 1 atom stereocenters. The molecule has 1 aromatic carbocycles. The van der Waals surface area contributed by atoms with E-state index in [1.54, 1.807) is 0 Å². The van der Waals surface area contributed by atoms with Gasteiger partial charge in [-0.15, -0.1) is 0 Å². The summed E-state index contributed by atoms with van der Waals surface area (Å²) in [6, 6.07) is 8.54. The van der Waals surface area contributed by atoms with Crippen molar-refractivity contribution in [1.29, 1.82) is 0 Å². The first-order valence-electron chi connectivity index (χ1n) is 9.45. The van der Waals surface area contributed by atoms with Crippen LogP contribution < -0.4 is 5.73 Å². The van der Waals surface area contributed by atoms with E-state index in [1.807, 2.05) is 11.8 Å². The second-order valence-electron chi connectivity index (χ2n) is 7.34. The molecular weight excluding hydrogens is 314 g/mol. The van der Waals surface area contributed by atoms with Gasteiger partial charge in [0.15, 0.2) is 0 Å². The van der Waals surface area contributed by atoms with Crippen LogP contribution in [0.5, 0.6) is 0 Å². The van der Waals surface area contributed by atoms with Crippen LogP contribution in [0.4, 0.5) is 0 Å². The van der Waals surface area contributed by atoms with E-state index < -0.39 is 0 Å². The zero-order valence-electron chi connectivity index (χ0n) is 15.1. The average Bonchev–Trinajstić information content (AvgIpc) is 2.61. The van der Waals surface area contributed by atoms with Crippen molar-refractivity contribution in [2.45, 2.75) is 45.1 Å². The maximum absolute atomic E-state index is 12.9. The monoisotopic (exact) mass is 343 g/mol. The summed E-state index contributed by atoms with van der Waals surface area (Å²) < 4.78 is 0. The smallest absolute Gasteiger partial charge is 0.239 e. The SMILES string of the molecule is CC(C(=O)N1CCC(C(N)=O)CC1)N1CCCc2ccccc2CC1. The van der Waals surface area contributed by atoms with Gasteiger partial charge in [-0.2, -0.15) is 0 Å². The van der Waals surface area contributed by atoms with E-state index in [1.165, 1.54) is 11.1 Å². The summed E-state index contributed by atoms with van der Waals surface area (Å²) in [5, 5.41) is 0. The van der Waals surface area contributed by atoms with E-state index >= 15 is 0 Å². The Kier molecular flexibility index (Phi) is 5.74.